The third kappa shape index (κ3) is 6.39. The first kappa shape index (κ1) is 15.7. The maximum absolute atomic E-state index is 11.6. The Morgan fingerprint density at radius 3 is 2.47 bits per heavy atom. The number of carbonyl (C=O) groups excluding carboxylic acids is 1. The Labute approximate surface area is 116 Å². The van der Waals surface area contributed by atoms with Gasteiger partial charge in [-0.25, -0.2) is 0 Å². The molecule has 3 heteroatoms. The second-order valence-electron chi connectivity index (χ2n) is 5.36. The average Bonchev–Trinajstić information content (AvgIpc) is 2.38. The predicted molar refractivity (Wildman–Crippen MR) is 78.0 cm³/mol. The normalized spacial score (nSPS) is 12.4. The molecule has 1 aromatic carbocycles. The Bertz CT molecular complexity index is 362. The summed E-state index contributed by atoms with van der Waals surface area (Å²) in [4.78, 5) is 11.6. The van der Waals surface area contributed by atoms with Crippen LogP contribution in [0.2, 0.25) is 0 Å². The third-order valence-electron chi connectivity index (χ3n) is 3.16. The van der Waals surface area contributed by atoms with Crippen LogP contribution in [0.25, 0.3) is 0 Å². The van der Waals surface area contributed by atoms with E-state index < -0.39 is 0 Å². The van der Waals surface area contributed by atoms with E-state index in [0.717, 1.165) is 12.8 Å². The largest absolute Gasteiger partial charge is 0.396 e. The van der Waals surface area contributed by atoms with E-state index in [1.54, 1.807) is 0 Å². The summed E-state index contributed by atoms with van der Waals surface area (Å²) in [7, 11) is 0. The minimum Gasteiger partial charge on any atom is -0.396 e. The fourth-order valence-corrected chi connectivity index (χ4v) is 2.19. The molecule has 0 aliphatic heterocycles. The smallest absolute Gasteiger partial charge is 0.220 e. The molecule has 0 aliphatic carbocycles. The van der Waals surface area contributed by atoms with Crippen molar-refractivity contribution in [3.8, 4) is 0 Å². The molecule has 106 valence electrons. The van der Waals surface area contributed by atoms with Crippen molar-refractivity contribution in [1.82, 2.24) is 5.32 Å². The lowest BCUT2D eigenvalue weighted by molar-refractivity contribution is -0.121. The van der Waals surface area contributed by atoms with E-state index in [9.17, 15) is 4.79 Å². The summed E-state index contributed by atoms with van der Waals surface area (Å²) in [6.07, 6.45) is 2.19. The molecular weight excluding hydrogens is 238 g/mol. The van der Waals surface area contributed by atoms with Gasteiger partial charge in [0.1, 0.15) is 0 Å². The lowest BCUT2D eigenvalue weighted by Gasteiger charge is -2.17. The fraction of sp³-hybridized carbons (Fsp3) is 0.562. The number of aliphatic hydroxyl groups excluding tert-OH is 1. The number of hydrogen-bond donors (Lipinski definition) is 2. The topological polar surface area (TPSA) is 49.3 Å². The Kier molecular flexibility index (Phi) is 7.19. The second kappa shape index (κ2) is 8.70. The Hall–Kier alpha value is -1.35. The van der Waals surface area contributed by atoms with Crippen LogP contribution in [0.5, 0.6) is 0 Å². The zero-order valence-corrected chi connectivity index (χ0v) is 11.9. The SMILES string of the molecule is CC(C)CC(=O)NCCC(CCO)c1ccccc1. The van der Waals surface area contributed by atoms with Crippen LogP contribution in [0.4, 0.5) is 0 Å². The molecule has 0 aliphatic rings. The van der Waals surface area contributed by atoms with Gasteiger partial charge in [-0.2, -0.15) is 0 Å². The second-order valence-corrected chi connectivity index (χ2v) is 5.36. The van der Waals surface area contributed by atoms with Crippen molar-refractivity contribution in [3.05, 3.63) is 35.9 Å². The minimum atomic E-state index is 0.116. The van der Waals surface area contributed by atoms with Gasteiger partial charge < -0.3 is 10.4 Å². The fourth-order valence-electron chi connectivity index (χ4n) is 2.19. The van der Waals surface area contributed by atoms with Crippen LogP contribution in [0.3, 0.4) is 0 Å². The molecule has 19 heavy (non-hydrogen) atoms. The van der Waals surface area contributed by atoms with Crippen LogP contribution in [0, 0.1) is 5.92 Å². The lowest BCUT2D eigenvalue weighted by atomic mass is 9.93. The number of rotatable bonds is 8. The quantitative estimate of drug-likeness (QED) is 0.757. The van der Waals surface area contributed by atoms with E-state index >= 15 is 0 Å². The highest BCUT2D eigenvalue weighted by atomic mass is 16.3. The van der Waals surface area contributed by atoms with Gasteiger partial charge in [-0.15, -0.1) is 0 Å². The average molecular weight is 263 g/mol. The van der Waals surface area contributed by atoms with Crippen LogP contribution in [0.1, 0.15) is 44.6 Å². The van der Waals surface area contributed by atoms with Crippen LogP contribution in [0.15, 0.2) is 30.3 Å². The molecule has 0 spiro atoms. The van der Waals surface area contributed by atoms with E-state index in [-0.39, 0.29) is 12.5 Å². The molecule has 1 amide bonds. The first-order valence-corrected chi connectivity index (χ1v) is 7.06. The third-order valence-corrected chi connectivity index (χ3v) is 3.16. The van der Waals surface area contributed by atoms with Crippen molar-refractivity contribution in [2.24, 2.45) is 5.92 Å². The summed E-state index contributed by atoms with van der Waals surface area (Å²) < 4.78 is 0. The molecule has 0 aromatic heterocycles. The Balaban J connectivity index is 2.41. The van der Waals surface area contributed by atoms with Gasteiger partial charge in [0, 0.05) is 19.6 Å². The zero-order chi connectivity index (χ0) is 14.1. The van der Waals surface area contributed by atoms with Gasteiger partial charge in [-0.3, -0.25) is 4.79 Å². The number of nitrogens with one attached hydrogen (secondary N) is 1. The summed E-state index contributed by atoms with van der Waals surface area (Å²) >= 11 is 0. The van der Waals surface area contributed by atoms with Crippen molar-refractivity contribution < 1.29 is 9.90 Å². The molecule has 0 bridgehead atoms. The Morgan fingerprint density at radius 1 is 1.21 bits per heavy atom. The highest BCUT2D eigenvalue weighted by Crippen LogP contribution is 2.22. The summed E-state index contributed by atoms with van der Waals surface area (Å²) in [5.74, 6) is 0.818. The molecule has 0 saturated heterocycles. The van der Waals surface area contributed by atoms with Gasteiger partial charge in [-0.1, -0.05) is 44.2 Å². The van der Waals surface area contributed by atoms with Gasteiger partial charge in [0.2, 0.25) is 5.91 Å². The van der Waals surface area contributed by atoms with Crippen LogP contribution in [-0.2, 0) is 4.79 Å². The molecular formula is C16H25NO2. The number of carbonyl (C=O) groups is 1. The summed E-state index contributed by atoms with van der Waals surface area (Å²) in [5.41, 5.74) is 1.23. The van der Waals surface area contributed by atoms with Gasteiger partial charge in [0.25, 0.3) is 0 Å². The molecule has 0 saturated carbocycles. The van der Waals surface area contributed by atoms with Gasteiger partial charge in [0.15, 0.2) is 0 Å². The maximum Gasteiger partial charge on any atom is 0.220 e. The highest BCUT2D eigenvalue weighted by Gasteiger charge is 2.11. The first-order chi connectivity index (χ1) is 9.13. The number of aliphatic hydroxyl groups is 1. The molecule has 1 aromatic rings. The monoisotopic (exact) mass is 263 g/mol. The van der Waals surface area contributed by atoms with Gasteiger partial charge in [-0.05, 0) is 30.2 Å². The van der Waals surface area contributed by atoms with Crippen molar-refractivity contribution in [2.45, 2.75) is 39.0 Å². The molecule has 1 unspecified atom stereocenters. The van der Waals surface area contributed by atoms with E-state index in [1.165, 1.54) is 5.56 Å². The molecule has 0 heterocycles. The van der Waals surface area contributed by atoms with E-state index in [0.29, 0.717) is 24.8 Å². The first-order valence-electron chi connectivity index (χ1n) is 7.06. The molecule has 0 fully saturated rings. The van der Waals surface area contributed by atoms with E-state index in [2.05, 4.69) is 17.4 Å². The van der Waals surface area contributed by atoms with E-state index in [1.807, 2.05) is 32.0 Å². The molecule has 0 radical (unpaired) electrons. The van der Waals surface area contributed by atoms with Crippen LogP contribution >= 0.6 is 0 Å². The number of amides is 1. The highest BCUT2D eigenvalue weighted by molar-refractivity contribution is 5.75. The number of benzene rings is 1. The van der Waals surface area contributed by atoms with Crippen molar-refractivity contribution in [3.63, 3.8) is 0 Å². The summed E-state index contributed by atoms with van der Waals surface area (Å²) in [6.45, 7) is 4.93. The summed E-state index contributed by atoms with van der Waals surface area (Å²) in [6, 6.07) is 10.2. The van der Waals surface area contributed by atoms with Crippen LogP contribution in [-0.4, -0.2) is 24.2 Å². The molecule has 1 atom stereocenters. The van der Waals surface area contributed by atoms with Crippen molar-refractivity contribution >= 4 is 5.91 Å². The molecule has 3 nitrogen and oxygen atoms in total. The number of hydrogen-bond acceptors (Lipinski definition) is 2. The van der Waals surface area contributed by atoms with Crippen molar-refractivity contribution in [2.75, 3.05) is 13.2 Å². The summed E-state index contributed by atoms with van der Waals surface area (Å²) in [5, 5.41) is 12.1. The Morgan fingerprint density at radius 2 is 1.89 bits per heavy atom. The standard InChI is InChI=1S/C16H25NO2/c1-13(2)12-16(19)17-10-8-15(9-11-18)14-6-4-3-5-7-14/h3-7,13,15,18H,8-12H2,1-2H3,(H,17,19). The minimum absolute atomic E-state index is 0.116. The van der Waals surface area contributed by atoms with Gasteiger partial charge in [0.05, 0.1) is 0 Å². The van der Waals surface area contributed by atoms with Crippen molar-refractivity contribution in [1.29, 1.82) is 0 Å². The zero-order valence-electron chi connectivity index (χ0n) is 11.9. The molecule has 2 N–H and O–H groups in total. The lowest BCUT2D eigenvalue weighted by Crippen LogP contribution is -2.26. The predicted octanol–water partition coefficient (Wildman–Crippen LogP) is 2.71. The maximum atomic E-state index is 11.6. The van der Waals surface area contributed by atoms with Crippen LogP contribution < -0.4 is 5.32 Å². The van der Waals surface area contributed by atoms with Gasteiger partial charge >= 0.3 is 0 Å². The molecule has 1 rings (SSSR count). The van der Waals surface area contributed by atoms with E-state index in [4.69, 9.17) is 5.11 Å².